The molecule has 0 aliphatic heterocycles. The number of hydrogen-bond donors (Lipinski definition) is 0. The van der Waals surface area contributed by atoms with Crippen LogP contribution in [0.3, 0.4) is 0 Å². The smallest absolute Gasteiger partial charge is 0.274 e. The summed E-state index contributed by atoms with van der Waals surface area (Å²) < 4.78 is 0. The molecule has 0 aromatic carbocycles. The lowest BCUT2D eigenvalue weighted by Crippen LogP contribution is -2.39. The average Bonchev–Trinajstić information content (AvgIpc) is 2.95. The van der Waals surface area contributed by atoms with Gasteiger partial charge in [0.15, 0.2) is 0 Å². The quantitative estimate of drug-likeness (QED) is 0.773. The fourth-order valence-electron chi connectivity index (χ4n) is 2.27. The number of aromatic nitrogens is 1. The van der Waals surface area contributed by atoms with Crippen LogP contribution in [0.5, 0.6) is 0 Å². The molecule has 90 valence electrons. The van der Waals surface area contributed by atoms with Crippen LogP contribution in [0, 0.1) is 18.3 Å². The van der Waals surface area contributed by atoms with Gasteiger partial charge >= 0.3 is 0 Å². The molecule has 1 aromatic heterocycles. The fraction of sp³-hybridized carbons (Fsp3) is 0.583. The van der Waals surface area contributed by atoms with Gasteiger partial charge in [-0.2, -0.15) is 5.26 Å². The third-order valence-electron chi connectivity index (χ3n) is 3.11. The molecule has 1 amide bonds. The fourth-order valence-corrected chi connectivity index (χ4v) is 2.85. The van der Waals surface area contributed by atoms with E-state index in [1.165, 1.54) is 11.3 Å². The molecule has 0 saturated heterocycles. The van der Waals surface area contributed by atoms with Crippen LogP contribution >= 0.6 is 11.3 Å². The Kier molecular flexibility index (Phi) is 3.75. The maximum atomic E-state index is 12.3. The number of aryl methyl sites for hydroxylation is 1. The Hall–Kier alpha value is -1.41. The van der Waals surface area contributed by atoms with Gasteiger partial charge in [-0.3, -0.25) is 4.79 Å². The summed E-state index contributed by atoms with van der Waals surface area (Å²) >= 11 is 1.47. The molecule has 0 spiro atoms. The van der Waals surface area contributed by atoms with E-state index in [1.807, 2.05) is 6.92 Å². The summed E-state index contributed by atoms with van der Waals surface area (Å²) in [7, 11) is 0. The molecule has 1 heterocycles. The zero-order valence-corrected chi connectivity index (χ0v) is 10.7. The van der Waals surface area contributed by atoms with Gasteiger partial charge in [-0.05, 0) is 19.8 Å². The summed E-state index contributed by atoms with van der Waals surface area (Å²) in [5.41, 5.74) is 0.481. The first kappa shape index (κ1) is 12.1. The minimum Gasteiger partial charge on any atom is -0.321 e. The highest BCUT2D eigenvalue weighted by Crippen LogP contribution is 2.24. The van der Waals surface area contributed by atoms with Crippen LogP contribution in [0.15, 0.2) is 5.38 Å². The molecule has 0 radical (unpaired) electrons. The molecule has 1 aliphatic rings. The number of hydrogen-bond acceptors (Lipinski definition) is 4. The van der Waals surface area contributed by atoms with Gasteiger partial charge in [-0.15, -0.1) is 11.3 Å². The Labute approximate surface area is 105 Å². The van der Waals surface area contributed by atoms with Crippen molar-refractivity contribution >= 4 is 17.2 Å². The zero-order valence-electron chi connectivity index (χ0n) is 9.85. The van der Waals surface area contributed by atoms with Crippen LogP contribution in [0.2, 0.25) is 0 Å². The molecular weight excluding hydrogens is 234 g/mol. The van der Waals surface area contributed by atoms with Gasteiger partial charge in [-0.1, -0.05) is 12.8 Å². The van der Waals surface area contributed by atoms with Crippen LogP contribution in [0.4, 0.5) is 0 Å². The number of rotatable bonds is 3. The Bertz CT molecular complexity index is 443. The SMILES string of the molecule is Cc1nc(C(=O)N(CC#N)C2CCCC2)cs1. The largest absolute Gasteiger partial charge is 0.321 e. The molecule has 1 fully saturated rings. The van der Waals surface area contributed by atoms with Gasteiger partial charge in [0.25, 0.3) is 5.91 Å². The van der Waals surface area contributed by atoms with E-state index < -0.39 is 0 Å². The number of nitrogens with zero attached hydrogens (tertiary/aromatic N) is 3. The maximum Gasteiger partial charge on any atom is 0.274 e. The van der Waals surface area contributed by atoms with E-state index in [9.17, 15) is 4.79 Å². The predicted molar refractivity (Wildman–Crippen MR) is 65.8 cm³/mol. The van der Waals surface area contributed by atoms with Crippen LogP contribution in [0.25, 0.3) is 0 Å². The van der Waals surface area contributed by atoms with E-state index >= 15 is 0 Å². The molecule has 1 aromatic rings. The molecule has 1 saturated carbocycles. The van der Waals surface area contributed by atoms with E-state index in [1.54, 1.807) is 10.3 Å². The summed E-state index contributed by atoms with van der Waals surface area (Å²) in [5, 5.41) is 11.5. The van der Waals surface area contributed by atoms with Crippen molar-refractivity contribution in [1.82, 2.24) is 9.88 Å². The molecule has 4 nitrogen and oxygen atoms in total. The van der Waals surface area contributed by atoms with Crippen LogP contribution in [0.1, 0.15) is 41.2 Å². The van der Waals surface area contributed by atoms with E-state index in [0.717, 1.165) is 30.7 Å². The molecule has 0 atom stereocenters. The van der Waals surface area contributed by atoms with Crippen LogP contribution < -0.4 is 0 Å². The van der Waals surface area contributed by atoms with Gasteiger partial charge in [0.2, 0.25) is 0 Å². The van der Waals surface area contributed by atoms with E-state index in [0.29, 0.717) is 5.69 Å². The van der Waals surface area contributed by atoms with Gasteiger partial charge in [0, 0.05) is 11.4 Å². The first-order chi connectivity index (χ1) is 8.22. The van der Waals surface area contributed by atoms with Gasteiger partial charge in [0.05, 0.1) is 11.1 Å². The van der Waals surface area contributed by atoms with E-state index in [4.69, 9.17) is 5.26 Å². The molecule has 5 heteroatoms. The second-order valence-electron chi connectivity index (χ2n) is 4.28. The molecule has 2 rings (SSSR count). The standard InChI is InChI=1S/C12H15N3OS/c1-9-14-11(8-17-9)12(16)15(7-6-13)10-4-2-3-5-10/h8,10H,2-5,7H2,1H3. The minimum absolute atomic E-state index is 0.0946. The number of thiazole rings is 1. The molecule has 0 bridgehead atoms. The van der Waals surface area contributed by atoms with Gasteiger partial charge in [0.1, 0.15) is 12.2 Å². The topological polar surface area (TPSA) is 57.0 Å². The molecular formula is C12H15N3OS. The summed E-state index contributed by atoms with van der Waals surface area (Å²) in [6.07, 6.45) is 4.32. The number of nitriles is 1. The second-order valence-corrected chi connectivity index (χ2v) is 5.34. The summed E-state index contributed by atoms with van der Waals surface area (Å²) in [6.45, 7) is 2.05. The van der Waals surface area contributed by atoms with Gasteiger partial charge < -0.3 is 4.90 Å². The molecule has 0 unspecified atom stereocenters. The third kappa shape index (κ3) is 2.64. The highest BCUT2D eigenvalue weighted by atomic mass is 32.1. The molecule has 1 aliphatic carbocycles. The number of carbonyl (C=O) groups is 1. The Morgan fingerprint density at radius 1 is 1.65 bits per heavy atom. The maximum absolute atomic E-state index is 12.3. The summed E-state index contributed by atoms with van der Waals surface area (Å²) in [6, 6.07) is 2.31. The number of amides is 1. The zero-order chi connectivity index (χ0) is 12.3. The van der Waals surface area contributed by atoms with Crippen molar-refractivity contribution in [2.45, 2.75) is 38.6 Å². The van der Waals surface area contributed by atoms with Crippen molar-refractivity contribution in [2.24, 2.45) is 0 Å². The minimum atomic E-state index is -0.0946. The van der Waals surface area contributed by atoms with Crippen LogP contribution in [-0.4, -0.2) is 28.4 Å². The average molecular weight is 249 g/mol. The highest BCUT2D eigenvalue weighted by Gasteiger charge is 2.28. The predicted octanol–water partition coefficient (Wildman–Crippen LogP) is 2.36. The number of carbonyl (C=O) groups excluding carboxylic acids is 1. The highest BCUT2D eigenvalue weighted by molar-refractivity contribution is 7.09. The lowest BCUT2D eigenvalue weighted by atomic mass is 10.2. The second kappa shape index (κ2) is 5.28. The van der Waals surface area contributed by atoms with Crippen molar-refractivity contribution in [1.29, 1.82) is 5.26 Å². The van der Waals surface area contributed by atoms with E-state index in [2.05, 4.69) is 11.1 Å². The first-order valence-electron chi connectivity index (χ1n) is 5.82. The Morgan fingerprint density at radius 3 is 2.88 bits per heavy atom. The third-order valence-corrected chi connectivity index (χ3v) is 3.88. The Balaban J connectivity index is 2.15. The van der Waals surface area contributed by atoms with Crippen molar-refractivity contribution in [3.8, 4) is 6.07 Å². The summed E-state index contributed by atoms with van der Waals surface area (Å²) in [5.74, 6) is -0.0946. The molecule has 17 heavy (non-hydrogen) atoms. The summed E-state index contributed by atoms with van der Waals surface area (Å²) in [4.78, 5) is 18.1. The normalized spacial score (nSPS) is 15.8. The Morgan fingerprint density at radius 2 is 2.35 bits per heavy atom. The lowest BCUT2D eigenvalue weighted by Gasteiger charge is -2.25. The van der Waals surface area contributed by atoms with Gasteiger partial charge in [-0.25, -0.2) is 4.98 Å². The van der Waals surface area contributed by atoms with Crippen LogP contribution in [-0.2, 0) is 0 Å². The molecule has 0 N–H and O–H groups in total. The van der Waals surface area contributed by atoms with E-state index in [-0.39, 0.29) is 18.5 Å². The van der Waals surface area contributed by atoms with Crippen molar-refractivity contribution in [3.63, 3.8) is 0 Å². The lowest BCUT2D eigenvalue weighted by molar-refractivity contribution is 0.0704. The van der Waals surface area contributed by atoms with Crippen molar-refractivity contribution in [3.05, 3.63) is 16.1 Å². The monoisotopic (exact) mass is 249 g/mol. The van der Waals surface area contributed by atoms with Crippen molar-refractivity contribution in [2.75, 3.05) is 6.54 Å². The van der Waals surface area contributed by atoms with Crippen molar-refractivity contribution < 1.29 is 4.79 Å². The first-order valence-corrected chi connectivity index (χ1v) is 6.70.